The number of hydrogen-bond donors (Lipinski definition) is 0. The summed E-state index contributed by atoms with van der Waals surface area (Å²) in [6.45, 7) is 2.78. The van der Waals surface area contributed by atoms with Crippen molar-refractivity contribution >= 4 is 0 Å². The molecule has 0 atom stereocenters. The van der Waals surface area contributed by atoms with E-state index in [2.05, 4.69) is 16.2 Å². The van der Waals surface area contributed by atoms with Gasteiger partial charge in [0, 0.05) is 12.7 Å². The smallest absolute Gasteiger partial charge is 0.111 e. The highest BCUT2D eigenvalue weighted by Gasteiger charge is 2.08. The van der Waals surface area contributed by atoms with Gasteiger partial charge in [-0.15, -0.1) is 0 Å². The maximum absolute atomic E-state index is 8.71. The Balaban J connectivity index is 2.41. The van der Waals surface area contributed by atoms with Gasteiger partial charge in [0.1, 0.15) is 5.69 Å². The molecule has 2 heterocycles. The van der Waals surface area contributed by atoms with Crippen molar-refractivity contribution in [1.29, 1.82) is 5.26 Å². The summed E-state index contributed by atoms with van der Waals surface area (Å²) in [6, 6.07) is 9.78. The van der Waals surface area contributed by atoms with Gasteiger partial charge >= 0.3 is 0 Å². The number of rotatable bonds is 3. The molecule has 0 saturated carbocycles. The van der Waals surface area contributed by atoms with E-state index in [0.29, 0.717) is 6.42 Å². The minimum absolute atomic E-state index is 0.383. The lowest BCUT2D eigenvalue weighted by Crippen LogP contribution is -2.01. The van der Waals surface area contributed by atoms with Crippen LogP contribution in [0, 0.1) is 11.3 Å². The molecule has 2 aromatic rings. The van der Waals surface area contributed by atoms with Gasteiger partial charge in [-0.1, -0.05) is 6.07 Å². The molecule has 4 nitrogen and oxygen atoms in total. The molecule has 4 heteroatoms. The fourth-order valence-corrected chi connectivity index (χ4v) is 1.59. The zero-order valence-corrected chi connectivity index (χ0v) is 9.09. The predicted molar refractivity (Wildman–Crippen MR) is 60.4 cm³/mol. The fraction of sp³-hybridized carbons (Fsp3) is 0.250. The van der Waals surface area contributed by atoms with Crippen molar-refractivity contribution in [2.45, 2.75) is 19.9 Å². The van der Waals surface area contributed by atoms with Gasteiger partial charge in [-0.25, -0.2) is 0 Å². The van der Waals surface area contributed by atoms with Crippen LogP contribution in [0.3, 0.4) is 0 Å². The lowest BCUT2D eigenvalue weighted by Gasteiger charge is -1.98. The van der Waals surface area contributed by atoms with Gasteiger partial charge in [0.2, 0.25) is 0 Å². The SMILES string of the molecule is CCn1nc(-c2ccccn2)cc1CC#N. The van der Waals surface area contributed by atoms with Gasteiger partial charge in [0.05, 0.1) is 23.9 Å². The Labute approximate surface area is 94.2 Å². The summed E-state index contributed by atoms with van der Waals surface area (Å²) in [6.07, 6.45) is 2.12. The molecule has 0 radical (unpaired) electrons. The first kappa shape index (κ1) is 10.4. The lowest BCUT2D eigenvalue weighted by molar-refractivity contribution is 0.634. The average molecular weight is 212 g/mol. The quantitative estimate of drug-likeness (QED) is 0.782. The first-order valence-corrected chi connectivity index (χ1v) is 5.20. The van der Waals surface area contributed by atoms with E-state index >= 15 is 0 Å². The monoisotopic (exact) mass is 212 g/mol. The van der Waals surface area contributed by atoms with Crippen LogP contribution in [-0.2, 0) is 13.0 Å². The molecule has 0 N–H and O–H groups in total. The number of nitriles is 1. The normalized spacial score (nSPS) is 10.0. The van der Waals surface area contributed by atoms with Gasteiger partial charge in [0.25, 0.3) is 0 Å². The van der Waals surface area contributed by atoms with Crippen LogP contribution >= 0.6 is 0 Å². The highest BCUT2D eigenvalue weighted by molar-refractivity contribution is 5.54. The molecule has 0 spiro atoms. The number of hydrogen-bond acceptors (Lipinski definition) is 3. The van der Waals surface area contributed by atoms with E-state index in [-0.39, 0.29) is 0 Å². The van der Waals surface area contributed by atoms with Gasteiger partial charge < -0.3 is 0 Å². The summed E-state index contributed by atoms with van der Waals surface area (Å²) in [5.41, 5.74) is 2.60. The van der Waals surface area contributed by atoms with E-state index in [4.69, 9.17) is 5.26 Å². The Bertz CT molecular complexity index is 508. The number of aromatic nitrogens is 3. The van der Waals surface area contributed by atoms with Gasteiger partial charge in [0.15, 0.2) is 0 Å². The summed E-state index contributed by atoms with van der Waals surface area (Å²) in [4.78, 5) is 4.24. The third-order valence-corrected chi connectivity index (χ3v) is 2.35. The van der Waals surface area contributed by atoms with Crippen LogP contribution in [0.1, 0.15) is 12.6 Å². The second-order valence-corrected chi connectivity index (χ2v) is 3.39. The topological polar surface area (TPSA) is 54.5 Å². The molecule has 0 unspecified atom stereocenters. The van der Waals surface area contributed by atoms with Crippen molar-refractivity contribution in [2.75, 3.05) is 0 Å². The Kier molecular flexibility index (Phi) is 2.97. The van der Waals surface area contributed by atoms with Crippen molar-refractivity contribution in [3.8, 4) is 17.5 Å². The molecule has 0 fully saturated rings. The molecule has 0 aliphatic carbocycles. The number of pyridine rings is 1. The fourth-order valence-electron chi connectivity index (χ4n) is 1.59. The molecule has 0 aliphatic rings. The van der Waals surface area contributed by atoms with E-state index in [1.165, 1.54) is 0 Å². The van der Waals surface area contributed by atoms with Crippen molar-refractivity contribution < 1.29 is 0 Å². The summed E-state index contributed by atoms with van der Waals surface area (Å²) in [7, 11) is 0. The van der Waals surface area contributed by atoms with Gasteiger partial charge in [-0.3, -0.25) is 9.67 Å². The second-order valence-electron chi connectivity index (χ2n) is 3.39. The third-order valence-electron chi connectivity index (χ3n) is 2.35. The third kappa shape index (κ3) is 1.94. The zero-order valence-electron chi connectivity index (χ0n) is 9.09. The minimum Gasteiger partial charge on any atom is -0.268 e. The molecular weight excluding hydrogens is 200 g/mol. The Morgan fingerprint density at radius 3 is 2.88 bits per heavy atom. The highest BCUT2D eigenvalue weighted by atomic mass is 15.3. The molecule has 2 rings (SSSR count). The molecular formula is C12H12N4. The first-order valence-electron chi connectivity index (χ1n) is 5.20. The standard InChI is InChI=1S/C12H12N4/c1-2-16-10(6-7-13)9-12(15-16)11-5-3-4-8-14-11/h3-5,8-9H,2,6H2,1H3. The van der Waals surface area contributed by atoms with E-state index in [1.807, 2.05) is 35.9 Å². The molecule has 0 aliphatic heterocycles. The highest BCUT2D eigenvalue weighted by Crippen LogP contribution is 2.16. The van der Waals surface area contributed by atoms with Crippen molar-refractivity contribution in [3.63, 3.8) is 0 Å². The maximum atomic E-state index is 8.71. The maximum Gasteiger partial charge on any atom is 0.111 e. The molecule has 0 amide bonds. The van der Waals surface area contributed by atoms with Crippen LogP contribution < -0.4 is 0 Å². The van der Waals surface area contributed by atoms with E-state index in [0.717, 1.165) is 23.6 Å². The zero-order chi connectivity index (χ0) is 11.4. The number of nitrogens with zero attached hydrogens (tertiary/aromatic N) is 4. The molecule has 16 heavy (non-hydrogen) atoms. The first-order chi connectivity index (χ1) is 7.85. The molecule has 80 valence electrons. The predicted octanol–water partition coefficient (Wildman–Crippen LogP) is 2.03. The van der Waals surface area contributed by atoms with Gasteiger partial charge in [-0.05, 0) is 25.1 Å². The minimum atomic E-state index is 0.383. The van der Waals surface area contributed by atoms with Crippen LogP contribution in [0.2, 0.25) is 0 Å². The van der Waals surface area contributed by atoms with Crippen LogP contribution in [-0.4, -0.2) is 14.8 Å². The van der Waals surface area contributed by atoms with Crippen LogP contribution in [0.4, 0.5) is 0 Å². The van der Waals surface area contributed by atoms with Crippen LogP contribution in [0.15, 0.2) is 30.5 Å². The van der Waals surface area contributed by atoms with Crippen molar-refractivity contribution in [1.82, 2.24) is 14.8 Å². The summed E-state index contributed by atoms with van der Waals surface area (Å²) in [5.74, 6) is 0. The molecule has 0 saturated heterocycles. The lowest BCUT2D eigenvalue weighted by atomic mass is 10.2. The molecule has 0 aromatic carbocycles. The van der Waals surface area contributed by atoms with Crippen LogP contribution in [0.25, 0.3) is 11.4 Å². The Morgan fingerprint density at radius 2 is 2.25 bits per heavy atom. The largest absolute Gasteiger partial charge is 0.268 e. The summed E-state index contributed by atoms with van der Waals surface area (Å²) >= 11 is 0. The van der Waals surface area contributed by atoms with E-state index < -0.39 is 0 Å². The average Bonchev–Trinajstić information content (AvgIpc) is 2.74. The number of aryl methyl sites for hydroxylation is 1. The second kappa shape index (κ2) is 4.58. The Hall–Kier alpha value is -2.15. The van der Waals surface area contributed by atoms with E-state index in [1.54, 1.807) is 6.20 Å². The summed E-state index contributed by atoms with van der Waals surface area (Å²) < 4.78 is 1.84. The molecule has 0 bridgehead atoms. The Morgan fingerprint density at radius 1 is 1.38 bits per heavy atom. The summed E-state index contributed by atoms with van der Waals surface area (Å²) in [5, 5.41) is 13.1. The van der Waals surface area contributed by atoms with Gasteiger partial charge in [-0.2, -0.15) is 10.4 Å². The van der Waals surface area contributed by atoms with Crippen LogP contribution in [0.5, 0.6) is 0 Å². The van der Waals surface area contributed by atoms with E-state index in [9.17, 15) is 0 Å². The molecule has 2 aromatic heterocycles. The van der Waals surface area contributed by atoms with Crippen molar-refractivity contribution in [3.05, 3.63) is 36.2 Å². The van der Waals surface area contributed by atoms with Crippen molar-refractivity contribution in [2.24, 2.45) is 0 Å².